The predicted octanol–water partition coefficient (Wildman–Crippen LogP) is 3.83. The molecule has 0 saturated carbocycles. The van der Waals surface area contributed by atoms with E-state index in [1.807, 2.05) is 18.2 Å². The largest absolute Gasteiger partial charge is 0.490 e. The van der Waals surface area contributed by atoms with Gasteiger partial charge in [-0.15, -0.1) is 0 Å². The lowest BCUT2D eigenvalue weighted by Crippen LogP contribution is -2.49. The fourth-order valence-electron chi connectivity index (χ4n) is 3.79. The Bertz CT molecular complexity index is 750. The minimum Gasteiger partial charge on any atom is -0.490 e. The van der Waals surface area contributed by atoms with Gasteiger partial charge in [-0.1, -0.05) is 35.4 Å². The van der Waals surface area contributed by atoms with Crippen LogP contribution >= 0.6 is 11.6 Å². The van der Waals surface area contributed by atoms with Crippen molar-refractivity contribution in [1.82, 2.24) is 4.90 Å². The minimum atomic E-state index is -0.497. The summed E-state index contributed by atoms with van der Waals surface area (Å²) in [4.78, 5) is 4.63. The Morgan fingerprint density at radius 2 is 1.70 bits per heavy atom. The summed E-state index contributed by atoms with van der Waals surface area (Å²) >= 11 is 6.09. The van der Waals surface area contributed by atoms with Gasteiger partial charge in [0.05, 0.1) is 0 Å². The summed E-state index contributed by atoms with van der Waals surface area (Å²) in [7, 11) is 0. The van der Waals surface area contributed by atoms with Gasteiger partial charge in [0.25, 0.3) is 0 Å². The number of rotatable bonds is 6. The van der Waals surface area contributed by atoms with Gasteiger partial charge in [-0.2, -0.15) is 0 Å². The first-order valence-electron chi connectivity index (χ1n) is 9.54. The number of hydrogen-bond donors (Lipinski definition) is 1. The van der Waals surface area contributed by atoms with Gasteiger partial charge in [0.15, 0.2) is 0 Å². The zero-order valence-electron chi connectivity index (χ0n) is 16.4. The molecule has 1 aliphatic heterocycles. The number of nitrogens with zero attached hydrogens (tertiary/aromatic N) is 2. The molecule has 0 spiro atoms. The molecule has 1 fully saturated rings. The van der Waals surface area contributed by atoms with Crippen LogP contribution in [0, 0.1) is 20.8 Å². The number of hydrogen-bond acceptors (Lipinski definition) is 4. The smallest absolute Gasteiger partial charge is 0.125 e. The molecule has 0 unspecified atom stereocenters. The number of aliphatic hydroxyl groups excluding tert-OH is 1. The van der Waals surface area contributed by atoms with Gasteiger partial charge in [-0.05, 0) is 50.1 Å². The van der Waals surface area contributed by atoms with Crippen molar-refractivity contribution in [3.63, 3.8) is 0 Å². The molecule has 3 rings (SSSR count). The van der Waals surface area contributed by atoms with Gasteiger partial charge < -0.3 is 14.7 Å². The Hall–Kier alpha value is -1.75. The monoisotopic (exact) mass is 388 g/mol. The van der Waals surface area contributed by atoms with Gasteiger partial charge in [0.1, 0.15) is 18.5 Å². The number of anilines is 1. The molecule has 1 saturated heterocycles. The highest BCUT2D eigenvalue weighted by Gasteiger charge is 2.20. The predicted molar refractivity (Wildman–Crippen MR) is 112 cm³/mol. The lowest BCUT2D eigenvalue weighted by molar-refractivity contribution is 0.0658. The van der Waals surface area contributed by atoms with Crippen LogP contribution in [0.3, 0.4) is 0 Å². The maximum Gasteiger partial charge on any atom is 0.125 e. The second-order valence-corrected chi connectivity index (χ2v) is 7.90. The molecule has 5 heteroatoms. The van der Waals surface area contributed by atoms with Crippen molar-refractivity contribution in [3.05, 3.63) is 58.1 Å². The van der Waals surface area contributed by atoms with E-state index in [1.54, 1.807) is 0 Å². The molecule has 1 heterocycles. The van der Waals surface area contributed by atoms with Gasteiger partial charge in [-0.25, -0.2) is 0 Å². The molecular formula is C22H29ClN2O2. The lowest BCUT2D eigenvalue weighted by Gasteiger charge is -2.37. The average molecular weight is 389 g/mol. The van der Waals surface area contributed by atoms with E-state index in [0.29, 0.717) is 13.2 Å². The molecule has 0 aromatic heterocycles. The first-order valence-corrected chi connectivity index (χ1v) is 9.92. The van der Waals surface area contributed by atoms with Crippen LogP contribution in [-0.2, 0) is 0 Å². The summed E-state index contributed by atoms with van der Waals surface area (Å²) in [6, 6.07) is 12.2. The molecule has 0 aliphatic carbocycles. The van der Waals surface area contributed by atoms with Crippen LogP contribution in [-0.4, -0.2) is 55.4 Å². The first kappa shape index (κ1) is 20.0. The quantitative estimate of drug-likeness (QED) is 0.815. The van der Waals surface area contributed by atoms with Crippen molar-refractivity contribution in [3.8, 4) is 5.75 Å². The van der Waals surface area contributed by atoms with Crippen LogP contribution in [0.2, 0.25) is 5.02 Å². The second-order valence-electron chi connectivity index (χ2n) is 7.46. The van der Waals surface area contributed by atoms with Gasteiger partial charge >= 0.3 is 0 Å². The number of β-amino-alcohol motifs (C(OH)–C–C–N with tert-alkyl or cyclic N) is 1. The Morgan fingerprint density at radius 3 is 2.33 bits per heavy atom. The zero-order chi connectivity index (χ0) is 19.4. The van der Waals surface area contributed by atoms with Crippen molar-refractivity contribution < 1.29 is 9.84 Å². The number of benzene rings is 2. The number of halogens is 1. The minimum absolute atomic E-state index is 0.319. The Balaban J connectivity index is 1.46. The Kier molecular flexibility index (Phi) is 6.64. The molecule has 2 aromatic carbocycles. The summed E-state index contributed by atoms with van der Waals surface area (Å²) in [5.74, 6) is 0.894. The van der Waals surface area contributed by atoms with Crippen LogP contribution in [0.15, 0.2) is 36.4 Å². The maximum absolute atomic E-state index is 10.4. The van der Waals surface area contributed by atoms with Crippen LogP contribution in [0.25, 0.3) is 0 Å². The molecular weight excluding hydrogens is 360 g/mol. The van der Waals surface area contributed by atoms with Gasteiger partial charge in [0.2, 0.25) is 0 Å². The third-order valence-corrected chi connectivity index (χ3v) is 5.27. The third kappa shape index (κ3) is 5.38. The first-order chi connectivity index (χ1) is 12.9. The molecule has 146 valence electrons. The van der Waals surface area contributed by atoms with Crippen LogP contribution in [0.1, 0.15) is 16.7 Å². The number of aliphatic hydroxyl groups is 1. The van der Waals surface area contributed by atoms with Gasteiger partial charge in [0, 0.05) is 43.4 Å². The molecule has 0 amide bonds. The van der Waals surface area contributed by atoms with Crippen molar-refractivity contribution in [1.29, 1.82) is 0 Å². The summed E-state index contributed by atoms with van der Waals surface area (Å²) in [6.45, 7) is 10.9. The zero-order valence-corrected chi connectivity index (χ0v) is 17.2. The standard InChI is InChI=1S/C22H29ClN2O2/c1-16-11-17(2)22(18(3)12-16)27-15-21(26)14-24-7-9-25(10-8-24)20-6-4-5-19(23)13-20/h4-6,11-13,21,26H,7-10,14-15H2,1-3H3/t21-/m1/s1. The molecule has 27 heavy (non-hydrogen) atoms. The molecule has 1 aliphatic rings. The van der Waals surface area contributed by atoms with E-state index in [4.69, 9.17) is 16.3 Å². The number of ether oxygens (including phenoxy) is 1. The molecule has 0 radical (unpaired) electrons. The Labute approximate surface area is 167 Å². The molecule has 1 atom stereocenters. The van der Waals surface area contributed by atoms with Crippen molar-refractivity contribution in [2.75, 3.05) is 44.2 Å². The van der Waals surface area contributed by atoms with Crippen molar-refractivity contribution in [2.45, 2.75) is 26.9 Å². The van der Waals surface area contributed by atoms with E-state index in [0.717, 1.165) is 53.8 Å². The fourth-order valence-corrected chi connectivity index (χ4v) is 3.97. The maximum atomic E-state index is 10.4. The molecule has 0 bridgehead atoms. The number of piperazine rings is 1. The van der Waals surface area contributed by atoms with Crippen LogP contribution in [0.5, 0.6) is 5.75 Å². The van der Waals surface area contributed by atoms with E-state index in [-0.39, 0.29) is 0 Å². The summed E-state index contributed by atoms with van der Waals surface area (Å²) in [5, 5.41) is 11.2. The lowest BCUT2D eigenvalue weighted by atomic mass is 10.1. The molecule has 1 N–H and O–H groups in total. The molecule has 4 nitrogen and oxygen atoms in total. The van der Waals surface area contributed by atoms with E-state index in [1.165, 1.54) is 5.56 Å². The van der Waals surface area contributed by atoms with Gasteiger partial charge in [-0.3, -0.25) is 4.90 Å². The summed E-state index contributed by atoms with van der Waals surface area (Å²) < 4.78 is 5.93. The normalized spacial score (nSPS) is 16.4. The highest BCUT2D eigenvalue weighted by Crippen LogP contribution is 2.25. The second kappa shape index (κ2) is 8.96. The van der Waals surface area contributed by atoms with Crippen LogP contribution in [0.4, 0.5) is 5.69 Å². The van der Waals surface area contributed by atoms with E-state index in [9.17, 15) is 5.11 Å². The SMILES string of the molecule is Cc1cc(C)c(OC[C@H](O)CN2CCN(c3cccc(Cl)c3)CC2)c(C)c1. The van der Waals surface area contributed by atoms with Crippen molar-refractivity contribution in [2.24, 2.45) is 0 Å². The summed E-state index contributed by atoms with van der Waals surface area (Å²) in [6.07, 6.45) is -0.497. The number of aryl methyl sites for hydroxylation is 3. The van der Waals surface area contributed by atoms with E-state index < -0.39 is 6.10 Å². The fraction of sp³-hybridized carbons (Fsp3) is 0.455. The topological polar surface area (TPSA) is 35.9 Å². The van der Waals surface area contributed by atoms with E-state index in [2.05, 4.69) is 48.8 Å². The third-order valence-electron chi connectivity index (χ3n) is 5.04. The van der Waals surface area contributed by atoms with Crippen LogP contribution < -0.4 is 9.64 Å². The molecule has 2 aromatic rings. The Morgan fingerprint density at radius 1 is 1.04 bits per heavy atom. The highest BCUT2D eigenvalue weighted by atomic mass is 35.5. The van der Waals surface area contributed by atoms with E-state index >= 15 is 0 Å². The summed E-state index contributed by atoms with van der Waals surface area (Å²) in [5.41, 5.74) is 4.64. The average Bonchev–Trinajstić information content (AvgIpc) is 2.61. The highest BCUT2D eigenvalue weighted by molar-refractivity contribution is 6.30. The van der Waals surface area contributed by atoms with Crippen molar-refractivity contribution >= 4 is 17.3 Å².